The summed E-state index contributed by atoms with van der Waals surface area (Å²) in [6, 6.07) is 4.72. The molecule has 2 N–H and O–H groups in total. The van der Waals surface area contributed by atoms with E-state index in [0.717, 1.165) is 19.2 Å². The molecule has 0 aromatic heterocycles. The number of aliphatic hydroxyl groups is 1. The molecule has 1 rings (SSSR count). The molecular weight excluding hydrogens is 292 g/mol. The maximum Gasteiger partial charge on any atom is 0.336 e. The van der Waals surface area contributed by atoms with Crippen molar-refractivity contribution in [1.29, 1.82) is 0 Å². The van der Waals surface area contributed by atoms with Gasteiger partial charge in [-0.15, -0.1) is 0 Å². The minimum atomic E-state index is -4.23. The third-order valence-corrected chi connectivity index (χ3v) is 3.76. The molecule has 10 heteroatoms. The summed E-state index contributed by atoms with van der Waals surface area (Å²) >= 11 is 0. The molecular formula is C10H12N2O7S. The maximum absolute atomic E-state index is 11.9. The molecule has 0 saturated heterocycles. The highest BCUT2D eigenvalue weighted by molar-refractivity contribution is 7.89. The van der Waals surface area contributed by atoms with Crippen molar-refractivity contribution in [2.45, 2.75) is 11.0 Å². The fraction of sp³-hybridized carbons (Fsp3) is 0.300. The van der Waals surface area contributed by atoms with Crippen LogP contribution in [0.25, 0.3) is 0 Å². The van der Waals surface area contributed by atoms with Crippen molar-refractivity contribution in [2.75, 3.05) is 13.7 Å². The van der Waals surface area contributed by atoms with Crippen LogP contribution in [-0.4, -0.2) is 44.2 Å². The Morgan fingerprint density at radius 3 is 2.65 bits per heavy atom. The Hall–Kier alpha value is -2.04. The molecule has 0 saturated carbocycles. The summed E-state index contributed by atoms with van der Waals surface area (Å²) in [4.78, 5) is 20.3. The summed E-state index contributed by atoms with van der Waals surface area (Å²) in [6.07, 6.45) is -1.70. The van der Waals surface area contributed by atoms with Gasteiger partial charge in [0, 0.05) is 12.6 Å². The number of hydrogen-bond acceptors (Lipinski definition) is 7. The molecule has 0 fully saturated rings. The quantitative estimate of drug-likeness (QED) is 0.407. The van der Waals surface area contributed by atoms with Crippen LogP contribution in [-0.2, 0) is 19.6 Å². The van der Waals surface area contributed by atoms with Crippen molar-refractivity contribution < 1.29 is 28.0 Å². The number of sulfonamides is 1. The Balaban J connectivity index is 2.95. The van der Waals surface area contributed by atoms with E-state index in [-0.39, 0.29) is 0 Å². The van der Waals surface area contributed by atoms with Crippen LogP contribution in [0.4, 0.5) is 5.69 Å². The smallest absolute Gasteiger partial charge is 0.336 e. The lowest BCUT2D eigenvalue weighted by molar-refractivity contribution is -0.387. The minimum absolute atomic E-state index is 0.554. The molecule has 0 aliphatic heterocycles. The minimum Gasteiger partial charge on any atom is -0.467 e. The van der Waals surface area contributed by atoms with Gasteiger partial charge in [0.25, 0.3) is 5.69 Å². The first-order valence-corrected chi connectivity index (χ1v) is 6.77. The third-order valence-electron chi connectivity index (χ3n) is 2.29. The fourth-order valence-corrected chi connectivity index (χ4v) is 2.53. The molecule has 1 aromatic rings. The number of carbonyl (C=O) groups is 1. The molecule has 1 aromatic carbocycles. The van der Waals surface area contributed by atoms with Crippen LogP contribution in [0.2, 0.25) is 0 Å². The van der Waals surface area contributed by atoms with Crippen LogP contribution in [0.5, 0.6) is 0 Å². The monoisotopic (exact) mass is 304 g/mol. The van der Waals surface area contributed by atoms with Crippen LogP contribution in [0.1, 0.15) is 0 Å². The van der Waals surface area contributed by atoms with Gasteiger partial charge in [0.1, 0.15) is 0 Å². The molecule has 20 heavy (non-hydrogen) atoms. The largest absolute Gasteiger partial charge is 0.467 e. The van der Waals surface area contributed by atoms with Gasteiger partial charge in [0.2, 0.25) is 10.0 Å². The molecule has 110 valence electrons. The van der Waals surface area contributed by atoms with Gasteiger partial charge >= 0.3 is 5.97 Å². The SMILES string of the molecule is COC(=O)[C@@H](O)CNS(=O)(=O)c1ccccc1[N+](=O)[O-]. The molecule has 0 aliphatic carbocycles. The van der Waals surface area contributed by atoms with Crippen molar-refractivity contribution >= 4 is 21.7 Å². The second-order valence-electron chi connectivity index (χ2n) is 3.62. The number of esters is 1. The van der Waals surface area contributed by atoms with Gasteiger partial charge in [-0.2, -0.15) is 0 Å². The molecule has 0 spiro atoms. The van der Waals surface area contributed by atoms with Gasteiger partial charge in [-0.3, -0.25) is 10.1 Å². The first-order chi connectivity index (χ1) is 9.29. The number of rotatable bonds is 6. The molecule has 0 radical (unpaired) electrons. The average molecular weight is 304 g/mol. The van der Waals surface area contributed by atoms with E-state index < -0.39 is 44.1 Å². The molecule has 0 bridgehead atoms. The molecule has 0 heterocycles. The summed E-state index contributed by atoms with van der Waals surface area (Å²) in [7, 11) is -3.20. The number of ether oxygens (including phenoxy) is 1. The Labute approximate surface area is 114 Å². The number of nitro benzene ring substituents is 1. The van der Waals surface area contributed by atoms with E-state index in [2.05, 4.69) is 4.74 Å². The van der Waals surface area contributed by atoms with Crippen LogP contribution in [0.15, 0.2) is 29.2 Å². The van der Waals surface area contributed by atoms with Crippen molar-refractivity contribution in [3.05, 3.63) is 34.4 Å². The Kier molecular flexibility index (Phi) is 5.13. The second-order valence-corrected chi connectivity index (χ2v) is 5.35. The van der Waals surface area contributed by atoms with E-state index in [1.54, 1.807) is 0 Å². The summed E-state index contributed by atoms with van der Waals surface area (Å²) in [6.45, 7) is -0.652. The van der Waals surface area contributed by atoms with E-state index in [1.807, 2.05) is 4.72 Å². The summed E-state index contributed by atoms with van der Waals surface area (Å²) < 4.78 is 29.9. The van der Waals surface area contributed by atoms with Gasteiger partial charge in [0.15, 0.2) is 11.0 Å². The number of methoxy groups -OCH3 is 1. The van der Waals surface area contributed by atoms with Crippen molar-refractivity contribution in [3.8, 4) is 0 Å². The fourth-order valence-electron chi connectivity index (χ4n) is 1.32. The van der Waals surface area contributed by atoms with Gasteiger partial charge in [-0.05, 0) is 6.07 Å². The number of carbonyl (C=O) groups excluding carboxylic acids is 1. The van der Waals surface area contributed by atoms with Crippen LogP contribution >= 0.6 is 0 Å². The Morgan fingerprint density at radius 2 is 2.10 bits per heavy atom. The number of aliphatic hydroxyl groups excluding tert-OH is 1. The predicted octanol–water partition coefficient (Wildman–Crippen LogP) is -0.593. The zero-order valence-corrected chi connectivity index (χ0v) is 11.2. The first-order valence-electron chi connectivity index (χ1n) is 5.28. The van der Waals surface area contributed by atoms with Gasteiger partial charge in [-0.25, -0.2) is 17.9 Å². The zero-order valence-electron chi connectivity index (χ0n) is 10.3. The lowest BCUT2D eigenvalue weighted by atomic mass is 10.3. The standard InChI is InChI=1S/C10H12N2O7S/c1-19-10(14)8(13)6-11-20(17,18)9-5-3-2-4-7(9)12(15)16/h2-5,8,11,13H,6H2,1H3/t8-/m0/s1. The van der Waals surface area contributed by atoms with Crippen molar-refractivity contribution in [2.24, 2.45) is 0 Å². The Morgan fingerprint density at radius 1 is 1.50 bits per heavy atom. The van der Waals surface area contributed by atoms with E-state index >= 15 is 0 Å². The molecule has 9 nitrogen and oxygen atoms in total. The van der Waals surface area contributed by atoms with Crippen molar-refractivity contribution in [3.63, 3.8) is 0 Å². The van der Waals surface area contributed by atoms with Crippen LogP contribution < -0.4 is 4.72 Å². The second kappa shape index (κ2) is 6.41. The van der Waals surface area contributed by atoms with Gasteiger partial charge in [-0.1, -0.05) is 12.1 Å². The first kappa shape index (κ1) is 16.0. The lowest BCUT2D eigenvalue weighted by Gasteiger charge is -2.10. The van der Waals surface area contributed by atoms with Gasteiger partial charge < -0.3 is 9.84 Å². The van der Waals surface area contributed by atoms with Gasteiger partial charge in [0.05, 0.1) is 12.0 Å². The van der Waals surface area contributed by atoms with Crippen LogP contribution in [0.3, 0.4) is 0 Å². The number of nitrogens with one attached hydrogen (secondary N) is 1. The average Bonchev–Trinajstić information content (AvgIpc) is 2.43. The number of nitro groups is 1. The highest BCUT2D eigenvalue weighted by Crippen LogP contribution is 2.22. The van der Waals surface area contributed by atoms with E-state index in [9.17, 15) is 28.4 Å². The maximum atomic E-state index is 11.9. The predicted molar refractivity (Wildman–Crippen MR) is 66.3 cm³/mol. The highest BCUT2D eigenvalue weighted by atomic mass is 32.2. The number of para-hydroxylation sites is 1. The molecule has 0 unspecified atom stereocenters. The van der Waals surface area contributed by atoms with Crippen LogP contribution in [0, 0.1) is 10.1 Å². The summed E-state index contributed by atoms with van der Waals surface area (Å²) in [5, 5.41) is 20.0. The topological polar surface area (TPSA) is 136 Å². The number of nitrogens with zero attached hydrogens (tertiary/aromatic N) is 1. The van der Waals surface area contributed by atoms with E-state index in [1.165, 1.54) is 12.1 Å². The third kappa shape index (κ3) is 3.73. The lowest BCUT2D eigenvalue weighted by Crippen LogP contribution is -2.37. The van der Waals surface area contributed by atoms with E-state index in [4.69, 9.17) is 0 Å². The summed E-state index contributed by atoms with van der Waals surface area (Å²) in [5.74, 6) is -1.02. The van der Waals surface area contributed by atoms with Crippen molar-refractivity contribution in [1.82, 2.24) is 4.72 Å². The van der Waals surface area contributed by atoms with E-state index in [0.29, 0.717) is 0 Å². The molecule has 0 aliphatic rings. The summed E-state index contributed by atoms with van der Waals surface area (Å²) in [5.41, 5.74) is -0.604. The molecule has 0 amide bonds. The molecule has 1 atom stereocenters. The number of benzene rings is 1. The zero-order chi connectivity index (χ0) is 15.3. The highest BCUT2D eigenvalue weighted by Gasteiger charge is 2.26. The Bertz CT molecular complexity index is 614. The normalized spacial score (nSPS) is 12.7. The number of hydrogen-bond donors (Lipinski definition) is 2.